The average Bonchev–Trinajstić information content (AvgIpc) is 3.14. The number of aromatic nitrogens is 3. The number of nitrogens with one attached hydrogen (secondary N) is 1. The summed E-state index contributed by atoms with van der Waals surface area (Å²) in [6, 6.07) is 0. The molecule has 1 aliphatic rings. The lowest BCUT2D eigenvalue weighted by Gasteiger charge is -2.24. The number of aliphatic imine (C=N–C) groups is 1. The first-order valence-electron chi connectivity index (χ1n) is 7.68. The van der Waals surface area contributed by atoms with Crippen LogP contribution in [0.4, 0.5) is 0 Å². The molecule has 1 N–H and O–H groups in total. The van der Waals surface area contributed by atoms with Crippen molar-refractivity contribution in [3.63, 3.8) is 0 Å². The lowest BCUT2D eigenvalue weighted by molar-refractivity contribution is 0.181. The van der Waals surface area contributed by atoms with Gasteiger partial charge >= 0.3 is 0 Å². The highest BCUT2D eigenvalue weighted by molar-refractivity contribution is 5.79. The molecule has 1 unspecified atom stereocenters. The van der Waals surface area contributed by atoms with Crippen molar-refractivity contribution in [3.8, 4) is 0 Å². The predicted molar refractivity (Wildman–Crippen MR) is 82.1 cm³/mol. The number of guanidine groups is 1. The van der Waals surface area contributed by atoms with Crippen molar-refractivity contribution in [1.29, 1.82) is 0 Å². The van der Waals surface area contributed by atoms with Crippen LogP contribution in [0.15, 0.2) is 11.3 Å². The van der Waals surface area contributed by atoms with Gasteiger partial charge in [-0.1, -0.05) is 0 Å². The van der Waals surface area contributed by atoms with Gasteiger partial charge in [0, 0.05) is 39.2 Å². The Morgan fingerprint density at radius 2 is 2.43 bits per heavy atom. The van der Waals surface area contributed by atoms with Crippen LogP contribution in [0.5, 0.6) is 0 Å². The van der Waals surface area contributed by atoms with Crippen LogP contribution in [0.1, 0.15) is 26.1 Å². The Balaban J connectivity index is 1.97. The van der Waals surface area contributed by atoms with Gasteiger partial charge in [0.25, 0.3) is 0 Å². The zero-order valence-corrected chi connectivity index (χ0v) is 13.2. The monoisotopic (exact) mass is 294 g/mol. The largest absolute Gasteiger partial charge is 0.381 e. The second-order valence-corrected chi connectivity index (χ2v) is 5.31. The summed E-state index contributed by atoms with van der Waals surface area (Å²) in [6.07, 6.45) is 2.88. The fraction of sp³-hybridized carbons (Fsp3) is 0.786. The van der Waals surface area contributed by atoms with Crippen LogP contribution >= 0.6 is 0 Å². The number of aryl methyl sites for hydroxylation is 1. The molecular formula is C14H26N6O. The Morgan fingerprint density at radius 1 is 1.57 bits per heavy atom. The zero-order valence-electron chi connectivity index (χ0n) is 13.2. The zero-order chi connectivity index (χ0) is 15.1. The molecule has 1 fully saturated rings. The van der Waals surface area contributed by atoms with Gasteiger partial charge in [-0.05, 0) is 20.3 Å². The average molecular weight is 294 g/mol. The van der Waals surface area contributed by atoms with Gasteiger partial charge in [0.05, 0.1) is 6.61 Å². The fourth-order valence-electron chi connectivity index (χ4n) is 2.48. The molecule has 1 aliphatic heterocycles. The molecule has 118 valence electrons. The molecule has 0 aliphatic carbocycles. The first-order chi connectivity index (χ1) is 10.2. The molecule has 2 rings (SSSR count). The molecule has 1 aromatic heterocycles. The topological polar surface area (TPSA) is 67.6 Å². The summed E-state index contributed by atoms with van der Waals surface area (Å²) in [5.41, 5.74) is 0. The highest BCUT2D eigenvalue weighted by atomic mass is 16.5. The second kappa shape index (κ2) is 7.97. The van der Waals surface area contributed by atoms with Crippen LogP contribution in [0.3, 0.4) is 0 Å². The molecule has 7 nitrogen and oxygen atoms in total. The van der Waals surface area contributed by atoms with Crippen LogP contribution in [-0.2, 0) is 17.8 Å². The Bertz CT molecular complexity index is 452. The van der Waals surface area contributed by atoms with E-state index in [9.17, 15) is 0 Å². The molecule has 1 aromatic rings. The normalized spacial score (nSPS) is 19.0. The highest BCUT2D eigenvalue weighted by Gasteiger charge is 2.19. The van der Waals surface area contributed by atoms with Crippen molar-refractivity contribution in [2.45, 2.75) is 33.4 Å². The molecule has 21 heavy (non-hydrogen) atoms. The van der Waals surface area contributed by atoms with Gasteiger partial charge < -0.3 is 19.5 Å². The van der Waals surface area contributed by atoms with Crippen molar-refractivity contribution in [2.24, 2.45) is 10.9 Å². The smallest absolute Gasteiger partial charge is 0.194 e. The van der Waals surface area contributed by atoms with Gasteiger partial charge in [-0.3, -0.25) is 0 Å². The van der Waals surface area contributed by atoms with E-state index in [2.05, 4.69) is 46.3 Å². The maximum Gasteiger partial charge on any atom is 0.194 e. The van der Waals surface area contributed by atoms with Crippen molar-refractivity contribution in [2.75, 3.05) is 33.4 Å². The van der Waals surface area contributed by atoms with E-state index < -0.39 is 0 Å². The van der Waals surface area contributed by atoms with E-state index in [4.69, 9.17) is 4.74 Å². The van der Waals surface area contributed by atoms with E-state index in [1.165, 1.54) is 0 Å². The van der Waals surface area contributed by atoms with Crippen molar-refractivity contribution in [1.82, 2.24) is 25.0 Å². The molecule has 2 heterocycles. The standard InChI is InChI=1S/C14H26N6O/c1-4-15-14(19(3)9-12-6-7-21-10-12)16-8-13-18-17-11-20(13)5-2/h11-12H,4-10H2,1-3H3,(H,15,16). The molecule has 0 bridgehead atoms. The van der Waals surface area contributed by atoms with Crippen molar-refractivity contribution in [3.05, 3.63) is 12.2 Å². The molecule has 0 spiro atoms. The Kier molecular flexibility index (Phi) is 5.98. The number of hydrogen-bond donors (Lipinski definition) is 1. The number of hydrogen-bond acceptors (Lipinski definition) is 4. The van der Waals surface area contributed by atoms with Gasteiger partial charge in [-0.25, -0.2) is 4.99 Å². The summed E-state index contributed by atoms with van der Waals surface area (Å²) < 4.78 is 7.45. The summed E-state index contributed by atoms with van der Waals surface area (Å²) in [5, 5.41) is 11.4. The first-order valence-corrected chi connectivity index (χ1v) is 7.68. The van der Waals surface area contributed by atoms with Gasteiger partial charge in [-0.15, -0.1) is 10.2 Å². The predicted octanol–water partition coefficient (Wildman–Crippen LogP) is 0.732. The number of rotatable bonds is 6. The molecule has 7 heteroatoms. The molecule has 0 amide bonds. The second-order valence-electron chi connectivity index (χ2n) is 5.31. The molecule has 1 saturated heterocycles. The molecular weight excluding hydrogens is 268 g/mol. The van der Waals surface area contributed by atoms with Gasteiger partial charge in [-0.2, -0.15) is 0 Å². The van der Waals surface area contributed by atoms with Crippen LogP contribution in [0.2, 0.25) is 0 Å². The van der Waals surface area contributed by atoms with E-state index in [1.54, 1.807) is 6.33 Å². The lowest BCUT2D eigenvalue weighted by atomic mass is 10.1. The minimum atomic E-state index is 0.543. The van der Waals surface area contributed by atoms with Crippen molar-refractivity contribution < 1.29 is 4.74 Å². The van der Waals surface area contributed by atoms with Gasteiger partial charge in [0.1, 0.15) is 12.9 Å². The van der Waals surface area contributed by atoms with Gasteiger partial charge in [0.15, 0.2) is 11.8 Å². The lowest BCUT2D eigenvalue weighted by Crippen LogP contribution is -2.41. The summed E-state index contributed by atoms with van der Waals surface area (Å²) in [5.74, 6) is 2.40. The van der Waals surface area contributed by atoms with Crippen LogP contribution in [-0.4, -0.2) is 59.0 Å². The molecule has 0 saturated carbocycles. The quantitative estimate of drug-likeness (QED) is 0.619. The molecule has 0 aromatic carbocycles. The Hall–Kier alpha value is -1.63. The van der Waals surface area contributed by atoms with Gasteiger partial charge in [0.2, 0.25) is 0 Å². The third kappa shape index (κ3) is 4.42. The summed E-state index contributed by atoms with van der Waals surface area (Å²) in [6.45, 7) is 9.12. The SMILES string of the molecule is CCNC(=NCc1nncn1CC)N(C)CC1CCOC1. The van der Waals surface area contributed by atoms with E-state index in [0.717, 1.165) is 51.1 Å². The third-order valence-electron chi connectivity index (χ3n) is 3.66. The molecule has 1 atom stereocenters. The van der Waals surface area contributed by atoms with Crippen molar-refractivity contribution >= 4 is 5.96 Å². The van der Waals surface area contributed by atoms with Crippen LogP contribution in [0, 0.1) is 5.92 Å². The fourth-order valence-corrected chi connectivity index (χ4v) is 2.48. The Morgan fingerprint density at radius 3 is 3.10 bits per heavy atom. The number of nitrogens with zero attached hydrogens (tertiary/aromatic N) is 5. The van der Waals surface area contributed by atoms with E-state index >= 15 is 0 Å². The van der Waals surface area contributed by atoms with E-state index in [1.807, 2.05) is 4.57 Å². The maximum absolute atomic E-state index is 5.44. The minimum Gasteiger partial charge on any atom is -0.381 e. The summed E-state index contributed by atoms with van der Waals surface area (Å²) in [4.78, 5) is 6.85. The van der Waals surface area contributed by atoms with Crippen LogP contribution in [0.25, 0.3) is 0 Å². The first kappa shape index (κ1) is 15.8. The highest BCUT2D eigenvalue weighted by Crippen LogP contribution is 2.13. The van der Waals surface area contributed by atoms with E-state index in [-0.39, 0.29) is 0 Å². The number of ether oxygens (including phenoxy) is 1. The third-order valence-corrected chi connectivity index (χ3v) is 3.66. The minimum absolute atomic E-state index is 0.543. The van der Waals surface area contributed by atoms with E-state index in [0.29, 0.717) is 12.5 Å². The maximum atomic E-state index is 5.44. The molecule has 0 radical (unpaired) electrons. The Labute approximate surface area is 126 Å². The summed E-state index contributed by atoms with van der Waals surface area (Å²) >= 11 is 0. The summed E-state index contributed by atoms with van der Waals surface area (Å²) in [7, 11) is 2.07. The van der Waals surface area contributed by atoms with Crippen LogP contribution < -0.4 is 5.32 Å².